The standard InChI is InChI=1S/C16H34O3S3.C14H28O2S2.C2H6/c1-14(2)16(22-12-8-19)4-3-15(13-21-11-7-18)5-9-20-10-6-17;1-10(2)12-9-13(17-6-4-15)11(3)8-14(12)18-7-5-16;1-2/h14-19H,3-13H2,1-2H3;10-16H,4-9H2,1-3H3;1-2H3. The molecule has 0 aromatic rings. The normalized spacial score (nSPS) is 21.9. The van der Waals surface area contributed by atoms with Crippen LogP contribution in [-0.4, -0.2) is 115 Å². The van der Waals surface area contributed by atoms with Crippen LogP contribution >= 0.6 is 58.8 Å². The van der Waals surface area contributed by atoms with Crippen LogP contribution in [0.1, 0.15) is 80.6 Å². The van der Waals surface area contributed by atoms with E-state index in [0.717, 1.165) is 52.1 Å². The summed E-state index contributed by atoms with van der Waals surface area (Å²) in [5.74, 6) is 10.0. The van der Waals surface area contributed by atoms with Crippen LogP contribution in [0.5, 0.6) is 0 Å². The first-order chi connectivity index (χ1) is 20.2. The Bertz CT molecular complexity index is 547. The van der Waals surface area contributed by atoms with Crippen molar-refractivity contribution in [2.75, 3.05) is 73.3 Å². The molecule has 1 rings (SSSR count). The fourth-order valence-electron chi connectivity index (χ4n) is 5.13. The zero-order valence-corrected chi connectivity index (χ0v) is 32.0. The van der Waals surface area contributed by atoms with E-state index < -0.39 is 0 Å². The molecule has 1 fully saturated rings. The topological polar surface area (TPSA) is 101 Å². The van der Waals surface area contributed by atoms with Gasteiger partial charge in [-0.2, -0.15) is 58.8 Å². The Kier molecular flexibility index (Phi) is 35.3. The number of thioether (sulfide) groups is 5. The van der Waals surface area contributed by atoms with Crippen molar-refractivity contribution < 1.29 is 25.5 Å². The fourth-order valence-corrected chi connectivity index (χ4v) is 10.8. The highest BCUT2D eigenvalue weighted by molar-refractivity contribution is 8.00. The van der Waals surface area contributed by atoms with E-state index in [1.54, 1.807) is 0 Å². The van der Waals surface area contributed by atoms with Gasteiger partial charge in [-0.25, -0.2) is 0 Å². The maximum Gasteiger partial charge on any atom is 0.0521 e. The van der Waals surface area contributed by atoms with Crippen molar-refractivity contribution in [3.8, 4) is 0 Å². The van der Waals surface area contributed by atoms with Crippen molar-refractivity contribution in [3.05, 3.63) is 0 Å². The molecule has 10 heteroatoms. The van der Waals surface area contributed by atoms with Crippen molar-refractivity contribution in [3.63, 3.8) is 0 Å². The second-order valence-electron chi connectivity index (χ2n) is 11.4. The molecule has 0 aromatic carbocycles. The van der Waals surface area contributed by atoms with Crippen LogP contribution in [0.3, 0.4) is 0 Å². The lowest BCUT2D eigenvalue weighted by Crippen LogP contribution is -2.37. The van der Waals surface area contributed by atoms with Crippen molar-refractivity contribution in [2.45, 2.75) is 96.3 Å². The van der Waals surface area contributed by atoms with Crippen LogP contribution < -0.4 is 0 Å². The van der Waals surface area contributed by atoms with Gasteiger partial charge in [0.15, 0.2) is 0 Å². The van der Waals surface area contributed by atoms with E-state index in [-0.39, 0.29) is 19.8 Å². The Morgan fingerprint density at radius 2 is 1.17 bits per heavy atom. The molecule has 0 aromatic heterocycles. The molecule has 1 aliphatic rings. The molecule has 5 N–H and O–H groups in total. The molecule has 5 nitrogen and oxygen atoms in total. The maximum atomic E-state index is 9.01. The molecule has 0 spiro atoms. The Labute approximate surface area is 282 Å². The van der Waals surface area contributed by atoms with Gasteiger partial charge in [-0.15, -0.1) is 0 Å². The Morgan fingerprint density at radius 1 is 0.619 bits per heavy atom. The third-order valence-electron chi connectivity index (χ3n) is 7.44. The first-order valence-corrected chi connectivity index (χ1v) is 21.8. The van der Waals surface area contributed by atoms with E-state index in [2.05, 4.69) is 34.6 Å². The molecule has 6 atom stereocenters. The quantitative estimate of drug-likeness (QED) is 0.0729. The minimum absolute atomic E-state index is 0.262. The van der Waals surface area contributed by atoms with E-state index in [4.69, 9.17) is 25.5 Å². The molecule has 0 bridgehead atoms. The predicted molar refractivity (Wildman–Crippen MR) is 199 cm³/mol. The Balaban J connectivity index is 0. The van der Waals surface area contributed by atoms with Gasteiger partial charge in [0.05, 0.1) is 33.0 Å². The van der Waals surface area contributed by atoms with E-state index in [1.807, 2.05) is 72.7 Å². The largest absolute Gasteiger partial charge is 0.396 e. The SMILES string of the molecule is CC.CC(C)C(CCC(CCSCCO)CSCCO)SCCO.CC(C)C1CC(SCCO)C(C)CC1SCCO. The summed E-state index contributed by atoms with van der Waals surface area (Å²) in [7, 11) is 0. The lowest BCUT2D eigenvalue weighted by Gasteiger charge is -2.41. The van der Waals surface area contributed by atoms with E-state index in [0.29, 0.717) is 46.7 Å². The summed E-state index contributed by atoms with van der Waals surface area (Å²) >= 11 is 9.47. The number of rotatable bonds is 23. The molecule has 0 saturated heterocycles. The zero-order chi connectivity index (χ0) is 32.2. The Morgan fingerprint density at radius 3 is 1.69 bits per heavy atom. The second kappa shape index (κ2) is 32.5. The van der Waals surface area contributed by atoms with Gasteiger partial charge in [0.1, 0.15) is 0 Å². The van der Waals surface area contributed by atoms with E-state index in [1.165, 1.54) is 32.1 Å². The number of hydrogen-bond donors (Lipinski definition) is 5. The summed E-state index contributed by atoms with van der Waals surface area (Å²) in [6, 6.07) is 0. The summed E-state index contributed by atoms with van der Waals surface area (Å²) in [4.78, 5) is 0. The summed E-state index contributed by atoms with van der Waals surface area (Å²) in [6.07, 6.45) is 6.15. The molecule has 256 valence electrons. The second-order valence-corrected chi connectivity index (χ2v) is 17.8. The smallest absolute Gasteiger partial charge is 0.0521 e. The molecule has 1 aliphatic carbocycles. The average molecular weight is 693 g/mol. The third-order valence-corrected chi connectivity index (χ3v) is 14.1. The van der Waals surface area contributed by atoms with Crippen LogP contribution in [0.15, 0.2) is 0 Å². The molecule has 42 heavy (non-hydrogen) atoms. The summed E-state index contributed by atoms with van der Waals surface area (Å²) in [5, 5.41) is 46.8. The molecule has 0 heterocycles. The van der Waals surface area contributed by atoms with Crippen LogP contribution in [0.2, 0.25) is 0 Å². The van der Waals surface area contributed by atoms with E-state index in [9.17, 15) is 0 Å². The van der Waals surface area contributed by atoms with Gasteiger partial charge in [0, 0.05) is 44.5 Å². The highest BCUT2D eigenvalue weighted by atomic mass is 32.2. The molecule has 0 aliphatic heterocycles. The molecular weight excluding hydrogens is 625 g/mol. The van der Waals surface area contributed by atoms with Gasteiger partial charge >= 0.3 is 0 Å². The lowest BCUT2D eigenvalue weighted by molar-refractivity contribution is 0.250. The van der Waals surface area contributed by atoms with Crippen molar-refractivity contribution in [1.29, 1.82) is 0 Å². The minimum atomic E-state index is 0.262. The number of hydrogen-bond acceptors (Lipinski definition) is 10. The number of aliphatic hydroxyl groups is 5. The van der Waals surface area contributed by atoms with Crippen LogP contribution in [0, 0.1) is 29.6 Å². The van der Waals surface area contributed by atoms with Crippen LogP contribution in [0.4, 0.5) is 0 Å². The average Bonchev–Trinajstić information content (AvgIpc) is 2.98. The highest BCUT2D eigenvalue weighted by Crippen LogP contribution is 2.44. The van der Waals surface area contributed by atoms with Gasteiger partial charge in [-0.05, 0) is 73.2 Å². The predicted octanol–water partition coefficient (Wildman–Crippen LogP) is 6.88. The minimum Gasteiger partial charge on any atom is -0.396 e. The summed E-state index contributed by atoms with van der Waals surface area (Å²) in [5.41, 5.74) is 0. The molecule has 6 unspecified atom stereocenters. The molecule has 1 saturated carbocycles. The van der Waals surface area contributed by atoms with Crippen LogP contribution in [0.25, 0.3) is 0 Å². The summed E-state index contributed by atoms with van der Waals surface area (Å²) in [6.45, 7) is 16.9. The van der Waals surface area contributed by atoms with Gasteiger partial charge in [-0.3, -0.25) is 0 Å². The van der Waals surface area contributed by atoms with Gasteiger partial charge < -0.3 is 25.5 Å². The molecule has 0 radical (unpaired) electrons. The zero-order valence-electron chi connectivity index (χ0n) is 27.9. The maximum absolute atomic E-state index is 9.01. The van der Waals surface area contributed by atoms with Crippen molar-refractivity contribution in [2.24, 2.45) is 29.6 Å². The van der Waals surface area contributed by atoms with Gasteiger partial charge in [-0.1, -0.05) is 48.5 Å². The fraction of sp³-hybridized carbons (Fsp3) is 1.00. The molecular formula is C32H68O5S5. The molecule has 0 amide bonds. The first kappa shape index (κ1) is 45.7. The first-order valence-electron chi connectivity index (χ1n) is 16.3. The van der Waals surface area contributed by atoms with Gasteiger partial charge in [0.25, 0.3) is 0 Å². The highest BCUT2D eigenvalue weighted by Gasteiger charge is 2.36. The van der Waals surface area contributed by atoms with E-state index >= 15 is 0 Å². The monoisotopic (exact) mass is 692 g/mol. The van der Waals surface area contributed by atoms with Gasteiger partial charge in [0.2, 0.25) is 0 Å². The van der Waals surface area contributed by atoms with Crippen molar-refractivity contribution >= 4 is 58.8 Å². The third kappa shape index (κ3) is 23.8. The summed E-state index contributed by atoms with van der Waals surface area (Å²) < 4.78 is 0. The van der Waals surface area contributed by atoms with Crippen molar-refractivity contribution in [1.82, 2.24) is 0 Å². The number of aliphatic hydroxyl groups excluding tert-OH is 5. The van der Waals surface area contributed by atoms with Crippen LogP contribution in [-0.2, 0) is 0 Å². The Hall–Kier alpha value is 1.55. The lowest BCUT2D eigenvalue weighted by atomic mass is 9.77.